The molecule has 1 N–H and O–H groups in total. The second kappa shape index (κ2) is 6.07. The first-order chi connectivity index (χ1) is 9.78. The molecule has 0 aromatic heterocycles. The van der Waals surface area contributed by atoms with E-state index in [9.17, 15) is 22.0 Å². The number of amides is 1. The number of nitrogens with zero attached hydrogens (tertiary/aromatic N) is 1. The molecule has 0 bridgehead atoms. The molecule has 21 heavy (non-hydrogen) atoms. The van der Waals surface area contributed by atoms with E-state index in [4.69, 9.17) is 0 Å². The standard InChI is InChI=1S/C13H16F2N2O3S/c1-21(19,20)16-9-4-3-7-17(8-9)13(18)12-10(14)5-2-6-11(12)15/h2,5-6,9,16H,3-4,7-8H2,1H3/t9-/m0/s1. The van der Waals surface area contributed by atoms with Gasteiger partial charge >= 0.3 is 0 Å². The minimum absolute atomic E-state index is 0.0969. The fraction of sp³-hybridized carbons (Fsp3) is 0.462. The zero-order valence-electron chi connectivity index (χ0n) is 11.5. The molecule has 0 saturated carbocycles. The van der Waals surface area contributed by atoms with Gasteiger partial charge in [-0.3, -0.25) is 4.79 Å². The third-order valence-electron chi connectivity index (χ3n) is 3.27. The second-order valence-electron chi connectivity index (χ2n) is 5.08. The molecule has 2 rings (SSSR count). The topological polar surface area (TPSA) is 66.5 Å². The van der Waals surface area contributed by atoms with Gasteiger partial charge in [-0.15, -0.1) is 0 Å². The molecule has 1 amide bonds. The number of hydrogen-bond acceptors (Lipinski definition) is 3. The lowest BCUT2D eigenvalue weighted by Gasteiger charge is -2.32. The number of carbonyl (C=O) groups is 1. The predicted octanol–water partition coefficient (Wildman–Crippen LogP) is 1.12. The molecule has 1 atom stereocenters. The van der Waals surface area contributed by atoms with Crippen molar-refractivity contribution in [1.29, 1.82) is 0 Å². The Balaban J connectivity index is 2.16. The number of halogens is 2. The minimum atomic E-state index is -3.39. The van der Waals surface area contributed by atoms with Crippen LogP contribution in [-0.2, 0) is 10.0 Å². The highest BCUT2D eigenvalue weighted by Gasteiger charge is 2.29. The van der Waals surface area contributed by atoms with Gasteiger partial charge in [0.05, 0.1) is 6.26 Å². The first-order valence-corrected chi connectivity index (χ1v) is 8.37. The van der Waals surface area contributed by atoms with Gasteiger partial charge in [-0.2, -0.15) is 0 Å². The van der Waals surface area contributed by atoms with Crippen LogP contribution in [0.1, 0.15) is 23.2 Å². The summed E-state index contributed by atoms with van der Waals surface area (Å²) in [4.78, 5) is 13.5. The average molecular weight is 318 g/mol. The number of hydrogen-bond donors (Lipinski definition) is 1. The lowest BCUT2D eigenvalue weighted by Crippen LogP contribution is -2.49. The number of piperidine rings is 1. The van der Waals surface area contributed by atoms with E-state index in [0.29, 0.717) is 19.4 Å². The van der Waals surface area contributed by atoms with Crippen LogP contribution < -0.4 is 4.72 Å². The quantitative estimate of drug-likeness (QED) is 0.908. The summed E-state index contributed by atoms with van der Waals surface area (Å²) in [6.07, 6.45) is 2.18. The van der Waals surface area contributed by atoms with Crippen molar-refractivity contribution in [2.45, 2.75) is 18.9 Å². The normalized spacial score (nSPS) is 19.6. The molecular weight excluding hydrogens is 302 g/mol. The van der Waals surface area contributed by atoms with Gasteiger partial charge in [0.15, 0.2) is 0 Å². The van der Waals surface area contributed by atoms with Crippen molar-refractivity contribution >= 4 is 15.9 Å². The molecule has 5 nitrogen and oxygen atoms in total. The van der Waals surface area contributed by atoms with Gasteiger partial charge in [-0.05, 0) is 25.0 Å². The number of benzene rings is 1. The van der Waals surface area contributed by atoms with E-state index >= 15 is 0 Å². The molecule has 1 aliphatic heterocycles. The van der Waals surface area contributed by atoms with Gasteiger partial charge in [0, 0.05) is 19.1 Å². The Kier molecular flexibility index (Phi) is 4.58. The molecule has 116 valence electrons. The Hall–Kier alpha value is -1.54. The Labute approximate surface area is 122 Å². The van der Waals surface area contributed by atoms with Crippen LogP contribution in [0, 0.1) is 11.6 Å². The van der Waals surface area contributed by atoms with Crippen molar-refractivity contribution < 1.29 is 22.0 Å². The summed E-state index contributed by atoms with van der Waals surface area (Å²) in [7, 11) is -3.39. The van der Waals surface area contributed by atoms with Gasteiger partial charge in [-0.1, -0.05) is 6.07 Å². The van der Waals surface area contributed by atoms with E-state index in [-0.39, 0.29) is 6.54 Å². The Morgan fingerprint density at radius 3 is 2.52 bits per heavy atom. The summed E-state index contributed by atoms with van der Waals surface area (Å²) in [6, 6.07) is 2.79. The third-order valence-corrected chi connectivity index (χ3v) is 4.03. The summed E-state index contributed by atoms with van der Waals surface area (Å²) in [6.45, 7) is 0.439. The molecule has 1 aliphatic rings. The molecule has 1 heterocycles. The molecule has 1 aromatic rings. The smallest absolute Gasteiger partial charge is 0.259 e. The molecule has 0 aliphatic carbocycles. The van der Waals surface area contributed by atoms with Gasteiger partial charge in [0.25, 0.3) is 5.91 Å². The number of nitrogens with one attached hydrogen (secondary N) is 1. The van der Waals surface area contributed by atoms with Crippen molar-refractivity contribution in [2.24, 2.45) is 0 Å². The molecule has 1 saturated heterocycles. The third kappa shape index (κ3) is 3.98. The first kappa shape index (κ1) is 15.8. The molecule has 8 heteroatoms. The van der Waals surface area contributed by atoms with E-state index in [2.05, 4.69) is 4.72 Å². The molecule has 0 unspecified atom stereocenters. The number of likely N-dealkylation sites (tertiary alicyclic amines) is 1. The summed E-state index contributed by atoms with van der Waals surface area (Å²) >= 11 is 0. The van der Waals surface area contributed by atoms with Crippen LogP contribution in [0.3, 0.4) is 0 Å². The predicted molar refractivity (Wildman–Crippen MR) is 73.3 cm³/mol. The Bertz CT molecular complexity index is 629. The van der Waals surface area contributed by atoms with Crippen molar-refractivity contribution in [2.75, 3.05) is 19.3 Å². The van der Waals surface area contributed by atoms with Gasteiger partial charge in [0.2, 0.25) is 10.0 Å². The van der Waals surface area contributed by atoms with Crippen LogP contribution in [-0.4, -0.2) is 44.6 Å². The monoisotopic (exact) mass is 318 g/mol. The van der Waals surface area contributed by atoms with Crippen LogP contribution in [0.4, 0.5) is 8.78 Å². The van der Waals surface area contributed by atoms with Crippen LogP contribution in [0.2, 0.25) is 0 Å². The van der Waals surface area contributed by atoms with E-state index in [0.717, 1.165) is 18.4 Å². The minimum Gasteiger partial charge on any atom is -0.337 e. The van der Waals surface area contributed by atoms with Crippen molar-refractivity contribution in [3.05, 3.63) is 35.4 Å². The second-order valence-corrected chi connectivity index (χ2v) is 6.86. The average Bonchev–Trinajstić information content (AvgIpc) is 2.36. The van der Waals surface area contributed by atoms with Crippen molar-refractivity contribution in [3.8, 4) is 0 Å². The van der Waals surface area contributed by atoms with Gasteiger partial charge in [0.1, 0.15) is 17.2 Å². The van der Waals surface area contributed by atoms with Crippen molar-refractivity contribution in [1.82, 2.24) is 9.62 Å². The number of rotatable bonds is 3. The molecule has 0 radical (unpaired) electrons. The fourth-order valence-corrected chi connectivity index (χ4v) is 3.22. The number of carbonyl (C=O) groups excluding carboxylic acids is 1. The van der Waals surface area contributed by atoms with E-state index in [1.807, 2.05) is 0 Å². The van der Waals surface area contributed by atoms with Crippen molar-refractivity contribution in [3.63, 3.8) is 0 Å². The van der Waals surface area contributed by atoms with E-state index in [1.54, 1.807) is 0 Å². The highest BCUT2D eigenvalue weighted by Crippen LogP contribution is 2.18. The Morgan fingerprint density at radius 2 is 1.95 bits per heavy atom. The fourth-order valence-electron chi connectivity index (χ4n) is 2.42. The largest absolute Gasteiger partial charge is 0.337 e. The summed E-state index contributed by atoms with van der Waals surface area (Å²) in [5.41, 5.74) is -0.600. The zero-order valence-corrected chi connectivity index (χ0v) is 12.3. The van der Waals surface area contributed by atoms with Gasteiger partial charge < -0.3 is 4.90 Å². The van der Waals surface area contributed by atoms with Crippen LogP contribution in [0.25, 0.3) is 0 Å². The summed E-state index contributed by atoms with van der Waals surface area (Å²) in [5.74, 6) is -2.60. The van der Waals surface area contributed by atoms with Crippen LogP contribution in [0.15, 0.2) is 18.2 Å². The van der Waals surface area contributed by atoms with E-state index < -0.39 is 39.2 Å². The molecule has 1 aromatic carbocycles. The van der Waals surface area contributed by atoms with Crippen LogP contribution >= 0.6 is 0 Å². The molecular formula is C13H16F2N2O3S. The zero-order chi connectivity index (χ0) is 15.6. The maximum atomic E-state index is 13.6. The lowest BCUT2D eigenvalue weighted by molar-refractivity contribution is 0.0693. The maximum Gasteiger partial charge on any atom is 0.259 e. The molecule has 1 fully saturated rings. The Morgan fingerprint density at radius 1 is 1.33 bits per heavy atom. The summed E-state index contributed by atoms with van der Waals surface area (Å²) < 4.78 is 52.1. The number of sulfonamides is 1. The summed E-state index contributed by atoms with van der Waals surface area (Å²) in [5, 5.41) is 0. The lowest BCUT2D eigenvalue weighted by atomic mass is 10.0. The SMILES string of the molecule is CS(=O)(=O)N[C@H]1CCCN(C(=O)c2c(F)cccc2F)C1. The first-order valence-electron chi connectivity index (χ1n) is 6.48. The van der Waals surface area contributed by atoms with E-state index in [1.165, 1.54) is 11.0 Å². The highest BCUT2D eigenvalue weighted by molar-refractivity contribution is 7.88. The van der Waals surface area contributed by atoms with Gasteiger partial charge in [-0.25, -0.2) is 21.9 Å². The van der Waals surface area contributed by atoms with Crippen LogP contribution in [0.5, 0.6) is 0 Å². The maximum absolute atomic E-state index is 13.6. The molecule has 0 spiro atoms. The highest BCUT2D eigenvalue weighted by atomic mass is 32.2.